The summed E-state index contributed by atoms with van der Waals surface area (Å²) in [5.41, 5.74) is 1.52. The van der Waals surface area contributed by atoms with E-state index >= 15 is 0 Å². The van der Waals surface area contributed by atoms with E-state index in [1.54, 1.807) is 37.3 Å². The Bertz CT molecular complexity index is 996. The van der Waals surface area contributed by atoms with Crippen molar-refractivity contribution >= 4 is 16.9 Å². The first kappa shape index (κ1) is 18.7. The van der Waals surface area contributed by atoms with Crippen LogP contribution in [0.4, 0.5) is 0 Å². The lowest BCUT2D eigenvalue weighted by Gasteiger charge is -2.17. The smallest absolute Gasteiger partial charge is 0.336 e. The number of hydrogen-bond acceptors (Lipinski definition) is 5. The summed E-state index contributed by atoms with van der Waals surface area (Å²) < 4.78 is 10.8. The minimum absolute atomic E-state index is 0.0857. The second kappa shape index (κ2) is 8.05. The summed E-state index contributed by atoms with van der Waals surface area (Å²) in [6, 6.07) is 15.6. The van der Waals surface area contributed by atoms with Gasteiger partial charge in [0.15, 0.2) is 6.10 Å². The van der Waals surface area contributed by atoms with Gasteiger partial charge in [0.2, 0.25) is 0 Å². The molecule has 2 N–H and O–H groups in total. The van der Waals surface area contributed by atoms with Crippen LogP contribution in [0.25, 0.3) is 11.0 Å². The van der Waals surface area contributed by atoms with Crippen LogP contribution in [0.2, 0.25) is 0 Å². The zero-order valence-corrected chi connectivity index (χ0v) is 15.1. The average molecular weight is 367 g/mol. The van der Waals surface area contributed by atoms with Crippen molar-refractivity contribution in [2.45, 2.75) is 26.1 Å². The maximum atomic E-state index is 12.2. The Labute approximate surface area is 156 Å². The lowest BCUT2D eigenvalue weighted by Crippen LogP contribution is -2.38. The van der Waals surface area contributed by atoms with Crippen molar-refractivity contribution in [1.29, 1.82) is 0 Å². The maximum Gasteiger partial charge on any atom is 0.336 e. The minimum atomic E-state index is -0.791. The number of amides is 1. The average Bonchev–Trinajstić information content (AvgIpc) is 2.66. The van der Waals surface area contributed by atoms with Gasteiger partial charge in [-0.2, -0.15) is 0 Å². The molecular formula is C21H21NO5. The number of aliphatic hydroxyl groups is 1. The molecule has 140 valence electrons. The van der Waals surface area contributed by atoms with Crippen LogP contribution >= 0.6 is 0 Å². The van der Waals surface area contributed by atoms with E-state index in [1.807, 2.05) is 25.1 Å². The number of carbonyl (C=O) groups is 1. The second-order valence-electron chi connectivity index (χ2n) is 6.34. The summed E-state index contributed by atoms with van der Waals surface area (Å²) in [4.78, 5) is 23.8. The Morgan fingerprint density at radius 3 is 2.67 bits per heavy atom. The van der Waals surface area contributed by atoms with Crippen LogP contribution in [0, 0.1) is 6.92 Å². The molecule has 6 nitrogen and oxygen atoms in total. The van der Waals surface area contributed by atoms with Crippen molar-refractivity contribution < 1.29 is 19.1 Å². The number of carbonyl (C=O) groups excluding carboxylic acids is 1. The summed E-state index contributed by atoms with van der Waals surface area (Å²) in [6.07, 6.45) is -1.57. The van der Waals surface area contributed by atoms with Gasteiger partial charge in [-0.15, -0.1) is 0 Å². The first-order valence-electron chi connectivity index (χ1n) is 8.66. The van der Waals surface area contributed by atoms with Crippen molar-refractivity contribution in [3.8, 4) is 5.75 Å². The van der Waals surface area contributed by atoms with Crippen LogP contribution < -0.4 is 15.7 Å². The fourth-order valence-corrected chi connectivity index (χ4v) is 2.77. The molecule has 0 saturated heterocycles. The van der Waals surface area contributed by atoms with Gasteiger partial charge in [-0.1, -0.05) is 30.3 Å². The zero-order valence-electron chi connectivity index (χ0n) is 15.1. The number of benzene rings is 2. The lowest BCUT2D eigenvalue weighted by molar-refractivity contribution is -0.127. The SMILES string of the molecule is Cc1cc(=O)oc2cc(OC(C)C(=O)NCC(O)c3ccccc3)ccc12. The number of ether oxygens (including phenoxy) is 1. The molecule has 0 radical (unpaired) electrons. The molecule has 0 fully saturated rings. The molecule has 6 heteroatoms. The van der Waals surface area contributed by atoms with Crippen molar-refractivity contribution in [2.24, 2.45) is 0 Å². The largest absolute Gasteiger partial charge is 0.481 e. The third kappa shape index (κ3) is 4.54. The van der Waals surface area contributed by atoms with Crippen molar-refractivity contribution in [3.63, 3.8) is 0 Å². The van der Waals surface area contributed by atoms with E-state index in [4.69, 9.17) is 9.15 Å². The monoisotopic (exact) mass is 367 g/mol. The van der Waals surface area contributed by atoms with Gasteiger partial charge in [0.25, 0.3) is 5.91 Å². The quantitative estimate of drug-likeness (QED) is 0.654. The molecule has 0 aliphatic heterocycles. The number of aryl methyl sites for hydroxylation is 1. The zero-order chi connectivity index (χ0) is 19.4. The molecule has 2 atom stereocenters. The van der Waals surface area contributed by atoms with Gasteiger partial charge in [-0.3, -0.25) is 4.79 Å². The van der Waals surface area contributed by atoms with E-state index in [9.17, 15) is 14.7 Å². The third-order valence-corrected chi connectivity index (χ3v) is 4.26. The predicted octanol–water partition coefficient (Wildman–Crippen LogP) is 2.72. The Balaban J connectivity index is 1.62. The van der Waals surface area contributed by atoms with Crippen LogP contribution in [0.3, 0.4) is 0 Å². The predicted molar refractivity (Wildman–Crippen MR) is 102 cm³/mol. The van der Waals surface area contributed by atoms with E-state index in [0.29, 0.717) is 11.3 Å². The molecule has 3 aromatic rings. The Morgan fingerprint density at radius 1 is 1.19 bits per heavy atom. The maximum absolute atomic E-state index is 12.2. The molecule has 0 spiro atoms. The normalized spacial score (nSPS) is 13.1. The van der Waals surface area contributed by atoms with Crippen molar-refractivity contribution in [2.75, 3.05) is 6.54 Å². The molecule has 1 amide bonds. The number of hydrogen-bond donors (Lipinski definition) is 2. The highest BCUT2D eigenvalue weighted by Crippen LogP contribution is 2.23. The fraction of sp³-hybridized carbons (Fsp3) is 0.238. The highest BCUT2D eigenvalue weighted by molar-refractivity contribution is 5.82. The van der Waals surface area contributed by atoms with E-state index in [0.717, 1.165) is 16.5 Å². The molecule has 0 bridgehead atoms. The van der Waals surface area contributed by atoms with Crippen molar-refractivity contribution in [3.05, 3.63) is 76.1 Å². The molecule has 0 aliphatic rings. The van der Waals surface area contributed by atoms with Crippen LogP contribution in [-0.2, 0) is 4.79 Å². The summed E-state index contributed by atoms with van der Waals surface area (Å²) in [7, 11) is 0. The lowest BCUT2D eigenvalue weighted by atomic mass is 10.1. The Kier molecular flexibility index (Phi) is 5.57. The van der Waals surface area contributed by atoms with Gasteiger partial charge in [-0.05, 0) is 37.1 Å². The molecule has 2 aromatic carbocycles. The van der Waals surface area contributed by atoms with Gasteiger partial charge in [0.1, 0.15) is 11.3 Å². The summed E-state index contributed by atoms with van der Waals surface area (Å²) in [6.45, 7) is 3.52. The van der Waals surface area contributed by atoms with E-state index in [1.165, 1.54) is 6.07 Å². The first-order valence-corrected chi connectivity index (χ1v) is 8.66. The van der Waals surface area contributed by atoms with Crippen LogP contribution in [0.1, 0.15) is 24.2 Å². The van der Waals surface area contributed by atoms with Crippen molar-refractivity contribution in [1.82, 2.24) is 5.32 Å². The first-order chi connectivity index (χ1) is 12.9. The molecule has 2 unspecified atom stereocenters. The number of rotatable bonds is 6. The van der Waals surface area contributed by atoms with Crippen LogP contribution in [0.5, 0.6) is 5.75 Å². The molecule has 27 heavy (non-hydrogen) atoms. The van der Waals surface area contributed by atoms with Crippen LogP contribution in [0.15, 0.2) is 63.8 Å². The third-order valence-electron chi connectivity index (χ3n) is 4.26. The molecular weight excluding hydrogens is 346 g/mol. The molecule has 0 aliphatic carbocycles. The summed E-state index contributed by atoms with van der Waals surface area (Å²) in [5, 5.41) is 13.6. The molecule has 3 rings (SSSR count). The second-order valence-corrected chi connectivity index (χ2v) is 6.34. The molecule has 0 saturated carbocycles. The number of fused-ring (bicyclic) bond motifs is 1. The van der Waals surface area contributed by atoms with Gasteiger partial charge in [-0.25, -0.2) is 4.79 Å². The molecule has 1 heterocycles. The Hall–Kier alpha value is -3.12. The van der Waals surface area contributed by atoms with Gasteiger partial charge >= 0.3 is 5.63 Å². The Morgan fingerprint density at radius 2 is 1.93 bits per heavy atom. The number of aliphatic hydroxyl groups excluding tert-OH is 1. The van der Waals surface area contributed by atoms with Gasteiger partial charge < -0.3 is 19.6 Å². The highest BCUT2D eigenvalue weighted by Gasteiger charge is 2.17. The van der Waals surface area contributed by atoms with Gasteiger partial charge in [0.05, 0.1) is 6.10 Å². The minimum Gasteiger partial charge on any atom is -0.481 e. The molecule has 1 aromatic heterocycles. The number of nitrogens with one attached hydrogen (secondary N) is 1. The standard InChI is InChI=1S/C21H21NO5/c1-13-10-20(24)27-19-11-16(8-9-17(13)19)26-14(2)21(25)22-12-18(23)15-6-4-3-5-7-15/h3-11,14,18,23H,12H2,1-2H3,(H,22,25). The van der Waals surface area contributed by atoms with E-state index in [-0.39, 0.29) is 12.5 Å². The van der Waals surface area contributed by atoms with E-state index in [2.05, 4.69) is 5.32 Å². The highest BCUT2D eigenvalue weighted by atomic mass is 16.5. The summed E-state index contributed by atoms with van der Waals surface area (Å²) in [5.74, 6) is 0.0679. The van der Waals surface area contributed by atoms with Crippen LogP contribution in [-0.4, -0.2) is 23.7 Å². The topological polar surface area (TPSA) is 88.8 Å². The van der Waals surface area contributed by atoms with Gasteiger partial charge in [0, 0.05) is 24.1 Å². The van der Waals surface area contributed by atoms with E-state index < -0.39 is 17.8 Å². The summed E-state index contributed by atoms with van der Waals surface area (Å²) >= 11 is 0. The fourth-order valence-electron chi connectivity index (χ4n) is 2.77.